The summed E-state index contributed by atoms with van der Waals surface area (Å²) < 4.78 is 10.4. The predicted molar refractivity (Wildman–Crippen MR) is 75.2 cm³/mol. The SMILES string of the molecule is COCCSC1CCN(C(=O)OC(C)(C)C)CC1. The summed E-state index contributed by atoms with van der Waals surface area (Å²) in [5.74, 6) is 1.04. The van der Waals surface area contributed by atoms with Gasteiger partial charge in [0.25, 0.3) is 0 Å². The molecule has 1 rings (SSSR count). The van der Waals surface area contributed by atoms with Gasteiger partial charge in [-0.2, -0.15) is 11.8 Å². The molecular formula is C13H25NO3S. The molecule has 5 heteroatoms. The number of carbonyl (C=O) groups is 1. The Morgan fingerprint density at radius 2 is 1.94 bits per heavy atom. The Kier molecular flexibility index (Phi) is 6.29. The number of amides is 1. The number of rotatable bonds is 4. The minimum absolute atomic E-state index is 0.178. The van der Waals surface area contributed by atoms with Crippen molar-refractivity contribution in [3.63, 3.8) is 0 Å². The van der Waals surface area contributed by atoms with Crippen LogP contribution in [0.3, 0.4) is 0 Å². The van der Waals surface area contributed by atoms with E-state index in [1.54, 1.807) is 7.11 Å². The lowest BCUT2D eigenvalue weighted by atomic mass is 10.1. The van der Waals surface area contributed by atoms with Gasteiger partial charge in [-0.1, -0.05) is 0 Å². The van der Waals surface area contributed by atoms with Crippen LogP contribution in [-0.4, -0.2) is 54.4 Å². The minimum Gasteiger partial charge on any atom is -0.444 e. The van der Waals surface area contributed by atoms with Crippen molar-refractivity contribution < 1.29 is 14.3 Å². The smallest absolute Gasteiger partial charge is 0.410 e. The van der Waals surface area contributed by atoms with Crippen molar-refractivity contribution >= 4 is 17.9 Å². The first kappa shape index (κ1) is 15.6. The van der Waals surface area contributed by atoms with Gasteiger partial charge in [-0.05, 0) is 33.6 Å². The average Bonchev–Trinajstić information content (AvgIpc) is 2.28. The van der Waals surface area contributed by atoms with Crippen molar-refractivity contribution in [1.82, 2.24) is 4.90 Å². The third-order valence-electron chi connectivity index (χ3n) is 2.73. The summed E-state index contributed by atoms with van der Waals surface area (Å²) in [5, 5.41) is 0.652. The lowest BCUT2D eigenvalue weighted by molar-refractivity contribution is 0.0219. The van der Waals surface area contributed by atoms with Crippen LogP contribution >= 0.6 is 11.8 Å². The van der Waals surface area contributed by atoms with Crippen LogP contribution in [0.25, 0.3) is 0 Å². The lowest BCUT2D eigenvalue weighted by Crippen LogP contribution is -2.42. The van der Waals surface area contributed by atoms with Crippen molar-refractivity contribution in [3.05, 3.63) is 0 Å². The van der Waals surface area contributed by atoms with Gasteiger partial charge >= 0.3 is 6.09 Å². The molecule has 1 amide bonds. The fourth-order valence-electron chi connectivity index (χ4n) is 1.83. The molecule has 0 aromatic rings. The van der Waals surface area contributed by atoms with E-state index in [-0.39, 0.29) is 6.09 Å². The van der Waals surface area contributed by atoms with Gasteiger partial charge in [0.2, 0.25) is 0 Å². The van der Waals surface area contributed by atoms with E-state index >= 15 is 0 Å². The largest absolute Gasteiger partial charge is 0.444 e. The molecule has 0 aliphatic carbocycles. The van der Waals surface area contributed by atoms with Gasteiger partial charge in [-0.25, -0.2) is 4.79 Å². The molecule has 0 atom stereocenters. The van der Waals surface area contributed by atoms with E-state index < -0.39 is 5.60 Å². The van der Waals surface area contributed by atoms with Crippen molar-refractivity contribution in [2.24, 2.45) is 0 Å². The zero-order chi connectivity index (χ0) is 13.6. The van der Waals surface area contributed by atoms with Crippen molar-refractivity contribution in [3.8, 4) is 0 Å². The molecule has 18 heavy (non-hydrogen) atoms. The second-order valence-corrected chi connectivity index (χ2v) is 6.94. The van der Waals surface area contributed by atoms with Crippen molar-refractivity contribution in [2.45, 2.75) is 44.5 Å². The van der Waals surface area contributed by atoms with Gasteiger partial charge in [0.15, 0.2) is 0 Å². The Morgan fingerprint density at radius 3 is 2.44 bits per heavy atom. The molecule has 1 heterocycles. The van der Waals surface area contributed by atoms with Gasteiger partial charge in [-0.3, -0.25) is 0 Å². The van der Waals surface area contributed by atoms with E-state index in [1.165, 1.54) is 0 Å². The topological polar surface area (TPSA) is 38.8 Å². The third kappa shape index (κ3) is 5.96. The molecule has 0 radical (unpaired) electrons. The average molecular weight is 275 g/mol. The summed E-state index contributed by atoms with van der Waals surface area (Å²) in [6.07, 6.45) is 1.92. The summed E-state index contributed by atoms with van der Waals surface area (Å²) >= 11 is 1.95. The van der Waals surface area contributed by atoms with E-state index in [0.29, 0.717) is 5.25 Å². The standard InChI is InChI=1S/C13H25NO3S/c1-13(2,3)17-12(15)14-7-5-11(6-8-14)18-10-9-16-4/h11H,5-10H2,1-4H3. The van der Waals surface area contributed by atoms with E-state index in [2.05, 4.69) is 0 Å². The van der Waals surface area contributed by atoms with Crippen LogP contribution in [0.2, 0.25) is 0 Å². The molecule has 106 valence electrons. The first-order chi connectivity index (χ1) is 8.42. The van der Waals surface area contributed by atoms with Crippen LogP contribution in [0, 0.1) is 0 Å². The molecule has 0 N–H and O–H groups in total. The highest BCUT2D eigenvalue weighted by atomic mass is 32.2. The highest BCUT2D eigenvalue weighted by molar-refractivity contribution is 7.99. The monoisotopic (exact) mass is 275 g/mol. The maximum absolute atomic E-state index is 11.9. The van der Waals surface area contributed by atoms with Gasteiger partial charge in [0.1, 0.15) is 5.60 Å². The summed E-state index contributed by atoms with van der Waals surface area (Å²) in [4.78, 5) is 13.7. The number of ether oxygens (including phenoxy) is 2. The zero-order valence-corrected chi connectivity index (χ0v) is 12.7. The molecule has 1 saturated heterocycles. The van der Waals surface area contributed by atoms with Crippen LogP contribution in [0.1, 0.15) is 33.6 Å². The minimum atomic E-state index is -0.402. The van der Waals surface area contributed by atoms with Crippen LogP contribution in [0.4, 0.5) is 4.79 Å². The summed E-state index contributed by atoms with van der Waals surface area (Å²) in [5.41, 5.74) is -0.402. The van der Waals surface area contributed by atoms with Gasteiger partial charge in [0.05, 0.1) is 6.61 Å². The Morgan fingerprint density at radius 1 is 1.33 bits per heavy atom. The molecule has 1 aliphatic heterocycles. The van der Waals surface area contributed by atoms with E-state index in [1.807, 2.05) is 37.4 Å². The summed E-state index contributed by atoms with van der Waals surface area (Å²) in [6, 6.07) is 0. The maximum Gasteiger partial charge on any atom is 0.410 e. The zero-order valence-electron chi connectivity index (χ0n) is 11.9. The number of hydrogen-bond donors (Lipinski definition) is 0. The van der Waals surface area contributed by atoms with Gasteiger partial charge < -0.3 is 14.4 Å². The summed E-state index contributed by atoms with van der Waals surface area (Å²) in [6.45, 7) is 8.12. The van der Waals surface area contributed by atoms with Crippen molar-refractivity contribution in [1.29, 1.82) is 0 Å². The fraction of sp³-hybridized carbons (Fsp3) is 0.923. The Bertz CT molecular complexity index is 257. The first-order valence-electron chi connectivity index (χ1n) is 6.51. The Hall–Kier alpha value is -0.420. The number of nitrogens with zero attached hydrogens (tertiary/aromatic N) is 1. The van der Waals surface area contributed by atoms with Crippen LogP contribution < -0.4 is 0 Å². The number of likely N-dealkylation sites (tertiary alicyclic amines) is 1. The molecule has 0 aromatic heterocycles. The van der Waals surface area contributed by atoms with E-state index in [0.717, 1.165) is 38.3 Å². The van der Waals surface area contributed by atoms with Gasteiger partial charge in [0, 0.05) is 31.2 Å². The van der Waals surface area contributed by atoms with Crippen LogP contribution in [0.5, 0.6) is 0 Å². The molecule has 0 unspecified atom stereocenters. The maximum atomic E-state index is 11.9. The Labute approximate surface area is 114 Å². The summed E-state index contributed by atoms with van der Waals surface area (Å²) in [7, 11) is 1.73. The molecule has 0 bridgehead atoms. The molecule has 4 nitrogen and oxygen atoms in total. The molecule has 0 spiro atoms. The number of piperidine rings is 1. The number of carbonyl (C=O) groups excluding carboxylic acids is 1. The van der Waals surface area contributed by atoms with Crippen LogP contribution in [0.15, 0.2) is 0 Å². The van der Waals surface area contributed by atoms with Crippen molar-refractivity contribution in [2.75, 3.05) is 32.6 Å². The molecule has 0 aromatic carbocycles. The third-order valence-corrected chi connectivity index (χ3v) is 4.08. The normalized spacial score (nSPS) is 17.9. The van der Waals surface area contributed by atoms with E-state index in [4.69, 9.17) is 9.47 Å². The highest BCUT2D eigenvalue weighted by Crippen LogP contribution is 2.24. The second kappa shape index (κ2) is 7.24. The highest BCUT2D eigenvalue weighted by Gasteiger charge is 2.26. The number of thioether (sulfide) groups is 1. The number of hydrogen-bond acceptors (Lipinski definition) is 4. The first-order valence-corrected chi connectivity index (χ1v) is 7.55. The predicted octanol–water partition coefficient (Wildman–Crippen LogP) is 2.77. The quantitative estimate of drug-likeness (QED) is 0.740. The van der Waals surface area contributed by atoms with Crippen LogP contribution in [-0.2, 0) is 9.47 Å². The van der Waals surface area contributed by atoms with E-state index in [9.17, 15) is 4.79 Å². The Balaban J connectivity index is 2.24. The molecule has 1 fully saturated rings. The second-order valence-electron chi connectivity index (χ2n) is 5.53. The fourth-order valence-corrected chi connectivity index (χ4v) is 2.97. The molecule has 0 saturated carbocycles. The lowest BCUT2D eigenvalue weighted by Gasteiger charge is -2.33. The molecular weight excluding hydrogens is 250 g/mol. The van der Waals surface area contributed by atoms with Gasteiger partial charge in [-0.15, -0.1) is 0 Å². The molecule has 1 aliphatic rings. The number of methoxy groups -OCH3 is 1.